The van der Waals surface area contributed by atoms with Crippen LogP contribution in [0.5, 0.6) is 0 Å². The average molecular weight is 187 g/mol. The van der Waals surface area contributed by atoms with E-state index in [-0.39, 0.29) is 5.97 Å². The van der Waals surface area contributed by atoms with Gasteiger partial charge in [-0.25, -0.2) is 0 Å². The third kappa shape index (κ3) is 7.78. The van der Waals surface area contributed by atoms with Gasteiger partial charge in [-0.2, -0.15) is 0 Å². The quantitative estimate of drug-likeness (QED) is 0.485. The Morgan fingerprint density at radius 2 is 2.15 bits per heavy atom. The first-order valence-electron chi connectivity index (χ1n) is 5.07. The molecular formula is C10H21NO2. The van der Waals surface area contributed by atoms with E-state index in [1.54, 1.807) is 0 Å². The molecule has 0 aromatic rings. The van der Waals surface area contributed by atoms with Crippen molar-refractivity contribution in [2.75, 3.05) is 19.7 Å². The number of carbonyl (C=O) groups is 1. The first-order valence-corrected chi connectivity index (χ1v) is 5.07. The maximum Gasteiger partial charge on any atom is 0.307 e. The molecule has 1 unspecified atom stereocenters. The minimum absolute atomic E-state index is 0.112. The van der Waals surface area contributed by atoms with Crippen molar-refractivity contribution in [3.8, 4) is 0 Å². The Morgan fingerprint density at radius 3 is 2.69 bits per heavy atom. The van der Waals surface area contributed by atoms with Crippen LogP contribution in [-0.2, 0) is 9.53 Å². The van der Waals surface area contributed by atoms with Gasteiger partial charge < -0.3 is 10.1 Å². The molecule has 0 aliphatic rings. The van der Waals surface area contributed by atoms with E-state index in [0.29, 0.717) is 18.9 Å². The Kier molecular flexibility index (Phi) is 7.69. The molecule has 0 aromatic carbocycles. The zero-order chi connectivity index (χ0) is 10.1. The van der Waals surface area contributed by atoms with Gasteiger partial charge in [0.2, 0.25) is 0 Å². The largest absolute Gasteiger partial charge is 0.466 e. The number of carbonyl (C=O) groups excluding carboxylic acids is 1. The van der Waals surface area contributed by atoms with Crippen LogP contribution >= 0.6 is 0 Å². The van der Waals surface area contributed by atoms with Gasteiger partial charge in [0, 0.05) is 6.54 Å². The van der Waals surface area contributed by atoms with E-state index in [4.69, 9.17) is 4.74 Å². The fourth-order valence-corrected chi connectivity index (χ4v) is 0.916. The number of esters is 1. The van der Waals surface area contributed by atoms with Crippen molar-refractivity contribution in [3.05, 3.63) is 0 Å². The van der Waals surface area contributed by atoms with Gasteiger partial charge in [-0.1, -0.05) is 20.3 Å². The number of rotatable bonds is 7. The van der Waals surface area contributed by atoms with Crippen LogP contribution in [0.15, 0.2) is 0 Å². The van der Waals surface area contributed by atoms with Crippen LogP contribution in [0.25, 0.3) is 0 Å². The van der Waals surface area contributed by atoms with Gasteiger partial charge in [0.15, 0.2) is 0 Å². The summed E-state index contributed by atoms with van der Waals surface area (Å²) in [6, 6.07) is 0. The molecule has 13 heavy (non-hydrogen) atoms. The van der Waals surface area contributed by atoms with E-state index < -0.39 is 0 Å². The summed E-state index contributed by atoms with van der Waals surface area (Å²) in [7, 11) is 0. The second-order valence-corrected chi connectivity index (χ2v) is 3.27. The molecule has 3 heteroatoms. The summed E-state index contributed by atoms with van der Waals surface area (Å²) in [5.74, 6) is 0.571. The third-order valence-corrected chi connectivity index (χ3v) is 2.00. The average Bonchev–Trinajstić information content (AvgIpc) is 2.12. The molecule has 0 aliphatic carbocycles. The minimum Gasteiger partial charge on any atom is -0.466 e. The Labute approximate surface area is 80.8 Å². The predicted octanol–water partition coefficient (Wildman–Crippen LogP) is 1.58. The van der Waals surface area contributed by atoms with Crippen LogP contribution in [0.3, 0.4) is 0 Å². The van der Waals surface area contributed by atoms with E-state index in [2.05, 4.69) is 19.2 Å². The summed E-state index contributed by atoms with van der Waals surface area (Å²) in [5.41, 5.74) is 0. The van der Waals surface area contributed by atoms with Gasteiger partial charge in [0.25, 0.3) is 0 Å². The third-order valence-electron chi connectivity index (χ3n) is 2.00. The lowest BCUT2D eigenvalue weighted by atomic mass is 10.1. The molecule has 78 valence electrons. The molecule has 0 amide bonds. The van der Waals surface area contributed by atoms with E-state index in [9.17, 15) is 4.79 Å². The summed E-state index contributed by atoms with van der Waals surface area (Å²) >= 11 is 0. The van der Waals surface area contributed by atoms with Crippen LogP contribution in [-0.4, -0.2) is 25.7 Å². The maximum atomic E-state index is 10.9. The highest BCUT2D eigenvalue weighted by atomic mass is 16.5. The lowest BCUT2D eigenvalue weighted by Crippen LogP contribution is -2.24. The van der Waals surface area contributed by atoms with Gasteiger partial charge in [-0.05, 0) is 19.4 Å². The lowest BCUT2D eigenvalue weighted by Gasteiger charge is -2.09. The van der Waals surface area contributed by atoms with Crippen molar-refractivity contribution in [2.24, 2.45) is 5.92 Å². The van der Waals surface area contributed by atoms with Crippen LogP contribution in [0.2, 0.25) is 0 Å². The van der Waals surface area contributed by atoms with Gasteiger partial charge in [0.1, 0.15) is 0 Å². The first kappa shape index (κ1) is 12.4. The fraction of sp³-hybridized carbons (Fsp3) is 0.900. The smallest absolute Gasteiger partial charge is 0.307 e. The highest BCUT2D eigenvalue weighted by Gasteiger charge is 2.01. The van der Waals surface area contributed by atoms with Crippen molar-refractivity contribution in [1.29, 1.82) is 0 Å². The van der Waals surface area contributed by atoms with E-state index in [1.165, 1.54) is 6.42 Å². The zero-order valence-corrected chi connectivity index (χ0v) is 8.93. The maximum absolute atomic E-state index is 10.9. The van der Waals surface area contributed by atoms with E-state index in [0.717, 1.165) is 13.1 Å². The Balaban J connectivity index is 3.20. The van der Waals surface area contributed by atoms with Gasteiger partial charge >= 0.3 is 5.97 Å². The number of ether oxygens (including phenoxy) is 1. The molecule has 0 fully saturated rings. The molecule has 0 rings (SSSR count). The molecule has 3 nitrogen and oxygen atoms in total. The summed E-state index contributed by atoms with van der Waals surface area (Å²) in [6.45, 7) is 8.36. The van der Waals surface area contributed by atoms with E-state index in [1.807, 2.05) is 6.92 Å². The molecule has 0 spiro atoms. The predicted molar refractivity (Wildman–Crippen MR) is 53.6 cm³/mol. The van der Waals surface area contributed by atoms with Crippen LogP contribution in [0, 0.1) is 5.92 Å². The van der Waals surface area contributed by atoms with Crippen LogP contribution in [0.4, 0.5) is 0 Å². The monoisotopic (exact) mass is 187 g/mol. The summed E-state index contributed by atoms with van der Waals surface area (Å²) in [6.07, 6.45) is 1.65. The lowest BCUT2D eigenvalue weighted by molar-refractivity contribution is -0.142. The molecule has 0 saturated carbocycles. The second-order valence-electron chi connectivity index (χ2n) is 3.27. The highest BCUT2D eigenvalue weighted by molar-refractivity contribution is 5.69. The van der Waals surface area contributed by atoms with Crippen molar-refractivity contribution in [2.45, 2.75) is 33.6 Å². The molecule has 1 atom stereocenters. The summed E-state index contributed by atoms with van der Waals surface area (Å²) in [5, 5.41) is 3.22. The van der Waals surface area contributed by atoms with Crippen molar-refractivity contribution >= 4 is 5.97 Å². The number of hydrogen-bond donors (Lipinski definition) is 1. The SMILES string of the molecule is CCOC(=O)CCNCC(C)CC. The van der Waals surface area contributed by atoms with Gasteiger partial charge in [0.05, 0.1) is 13.0 Å². The molecular weight excluding hydrogens is 166 g/mol. The van der Waals surface area contributed by atoms with Crippen molar-refractivity contribution in [1.82, 2.24) is 5.32 Å². The standard InChI is InChI=1S/C10H21NO2/c1-4-9(3)8-11-7-6-10(12)13-5-2/h9,11H,4-8H2,1-3H3. The van der Waals surface area contributed by atoms with Crippen LogP contribution in [0.1, 0.15) is 33.6 Å². The molecule has 0 bridgehead atoms. The number of hydrogen-bond acceptors (Lipinski definition) is 3. The molecule has 0 saturated heterocycles. The fourth-order valence-electron chi connectivity index (χ4n) is 0.916. The Bertz CT molecular complexity index is 137. The second kappa shape index (κ2) is 8.05. The van der Waals surface area contributed by atoms with Crippen molar-refractivity contribution < 1.29 is 9.53 Å². The van der Waals surface area contributed by atoms with E-state index >= 15 is 0 Å². The number of nitrogens with one attached hydrogen (secondary N) is 1. The molecule has 0 aromatic heterocycles. The van der Waals surface area contributed by atoms with Gasteiger partial charge in [-0.3, -0.25) is 4.79 Å². The summed E-state index contributed by atoms with van der Waals surface area (Å²) < 4.78 is 4.80. The highest BCUT2D eigenvalue weighted by Crippen LogP contribution is 1.96. The topological polar surface area (TPSA) is 38.3 Å². The Hall–Kier alpha value is -0.570. The van der Waals surface area contributed by atoms with Crippen LogP contribution < -0.4 is 5.32 Å². The molecule has 0 aliphatic heterocycles. The Morgan fingerprint density at radius 1 is 1.46 bits per heavy atom. The van der Waals surface area contributed by atoms with Crippen molar-refractivity contribution in [3.63, 3.8) is 0 Å². The van der Waals surface area contributed by atoms with Gasteiger partial charge in [-0.15, -0.1) is 0 Å². The molecule has 1 N–H and O–H groups in total. The zero-order valence-electron chi connectivity index (χ0n) is 8.93. The first-order chi connectivity index (χ1) is 6.20. The molecule has 0 radical (unpaired) electrons. The normalized spacial score (nSPS) is 12.5. The molecule has 0 heterocycles. The summed E-state index contributed by atoms with van der Waals surface area (Å²) in [4.78, 5) is 10.9. The minimum atomic E-state index is -0.112.